The van der Waals surface area contributed by atoms with Gasteiger partial charge in [0.15, 0.2) is 0 Å². The molecule has 0 radical (unpaired) electrons. The molecule has 98 valence electrons. The third-order valence-corrected chi connectivity index (χ3v) is 3.97. The second-order valence-corrected chi connectivity index (χ2v) is 5.62. The summed E-state index contributed by atoms with van der Waals surface area (Å²) in [6.07, 6.45) is 1.97. The molecule has 0 bridgehead atoms. The predicted octanol–water partition coefficient (Wildman–Crippen LogP) is 4.89. The molecule has 0 saturated carbocycles. The van der Waals surface area contributed by atoms with Gasteiger partial charge in [0.05, 0.1) is 12.2 Å². The Balaban J connectivity index is 1.82. The van der Waals surface area contributed by atoms with Gasteiger partial charge in [0.1, 0.15) is 0 Å². The normalized spacial score (nSPS) is 27.1. The first kappa shape index (κ1) is 12.7. The van der Waals surface area contributed by atoms with Crippen molar-refractivity contribution in [3.05, 3.63) is 71.8 Å². The van der Waals surface area contributed by atoms with Crippen molar-refractivity contribution in [3.8, 4) is 0 Å². The molecule has 2 aromatic rings. The van der Waals surface area contributed by atoms with Crippen molar-refractivity contribution < 1.29 is 4.74 Å². The Morgan fingerprint density at radius 2 is 1.16 bits per heavy atom. The molecule has 1 heterocycles. The Morgan fingerprint density at radius 1 is 0.737 bits per heavy atom. The van der Waals surface area contributed by atoms with Gasteiger partial charge in [-0.1, -0.05) is 60.7 Å². The molecule has 0 N–H and O–H groups in total. The standard InChI is InChI=1S/C17H17ClO/c18-15-11-16(13-7-3-1-4-8-13)19-17(12-15)14-9-5-2-6-10-14/h1-10,15-17H,11-12H2. The first-order valence-electron chi connectivity index (χ1n) is 6.72. The predicted molar refractivity (Wildman–Crippen MR) is 78.3 cm³/mol. The molecule has 2 aromatic carbocycles. The maximum atomic E-state index is 6.43. The van der Waals surface area contributed by atoms with E-state index in [1.807, 2.05) is 36.4 Å². The summed E-state index contributed by atoms with van der Waals surface area (Å²) in [5.74, 6) is 0. The molecular weight excluding hydrogens is 256 g/mol. The molecule has 2 atom stereocenters. The molecule has 1 aliphatic rings. The molecule has 2 heteroatoms. The second-order valence-electron chi connectivity index (χ2n) is 5.00. The van der Waals surface area contributed by atoms with Crippen LogP contribution in [0.4, 0.5) is 0 Å². The average molecular weight is 273 g/mol. The molecule has 0 aromatic heterocycles. The van der Waals surface area contributed by atoms with Crippen LogP contribution in [0.5, 0.6) is 0 Å². The van der Waals surface area contributed by atoms with Crippen LogP contribution in [0.1, 0.15) is 36.2 Å². The highest BCUT2D eigenvalue weighted by atomic mass is 35.5. The van der Waals surface area contributed by atoms with E-state index >= 15 is 0 Å². The zero-order chi connectivity index (χ0) is 13.1. The van der Waals surface area contributed by atoms with Gasteiger partial charge in [0.25, 0.3) is 0 Å². The van der Waals surface area contributed by atoms with E-state index in [0.717, 1.165) is 12.8 Å². The van der Waals surface area contributed by atoms with Crippen LogP contribution in [0.2, 0.25) is 0 Å². The fourth-order valence-corrected chi connectivity index (χ4v) is 2.96. The highest BCUT2D eigenvalue weighted by Gasteiger charge is 2.30. The van der Waals surface area contributed by atoms with Crippen LogP contribution in [-0.2, 0) is 4.74 Å². The monoisotopic (exact) mass is 272 g/mol. The average Bonchev–Trinajstić information content (AvgIpc) is 2.48. The van der Waals surface area contributed by atoms with Gasteiger partial charge in [-0.3, -0.25) is 0 Å². The van der Waals surface area contributed by atoms with Crippen LogP contribution in [0.25, 0.3) is 0 Å². The van der Waals surface area contributed by atoms with Crippen LogP contribution in [0, 0.1) is 0 Å². The highest BCUT2D eigenvalue weighted by molar-refractivity contribution is 6.20. The molecule has 2 unspecified atom stereocenters. The zero-order valence-corrected chi connectivity index (χ0v) is 11.5. The summed E-state index contributed by atoms with van der Waals surface area (Å²) in [4.78, 5) is 0. The summed E-state index contributed by atoms with van der Waals surface area (Å²) < 4.78 is 6.24. The lowest BCUT2D eigenvalue weighted by Crippen LogP contribution is -2.23. The maximum absolute atomic E-state index is 6.43. The summed E-state index contributed by atoms with van der Waals surface area (Å²) in [6, 6.07) is 20.7. The Hall–Kier alpha value is -1.31. The van der Waals surface area contributed by atoms with Crippen molar-refractivity contribution in [1.29, 1.82) is 0 Å². The smallest absolute Gasteiger partial charge is 0.0847 e. The quantitative estimate of drug-likeness (QED) is 0.708. The van der Waals surface area contributed by atoms with E-state index in [0.29, 0.717) is 0 Å². The third-order valence-electron chi connectivity index (χ3n) is 3.61. The number of halogens is 1. The molecule has 1 aliphatic heterocycles. The fraction of sp³-hybridized carbons (Fsp3) is 0.294. The molecule has 0 aliphatic carbocycles. The highest BCUT2D eigenvalue weighted by Crippen LogP contribution is 2.40. The molecule has 1 nitrogen and oxygen atoms in total. The van der Waals surface area contributed by atoms with Crippen molar-refractivity contribution in [1.82, 2.24) is 0 Å². The molecule has 19 heavy (non-hydrogen) atoms. The molecular formula is C17H17ClO. The van der Waals surface area contributed by atoms with Crippen molar-refractivity contribution in [2.45, 2.75) is 30.4 Å². The van der Waals surface area contributed by atoms with Crippen LogP contribution < -0.4 is 0 Å². The van der Waals surface area contributed by atoms with Gasteiger partial charge >= 0.3 is 0 Å². The molecule has 0 amide bonds. The topological polar surface area (TPSA) is 9.23 Å². The first-order chi connectivity index (χ1) is 9.33. The van der Waals surface area contributed by atoms with E-state index < -0.39 is 0 Å². The van der Waals surface area contributed by atoms with Crippen molar-refractivity contribution in [3.63, 3.8) is 0 Å². The van der Waals surface area contributed by atoms with E-state index in [1.165, 1.54) is 11.1 Å². The lowest BCUT2D eigenvalue weighted by Gasteiger charge is -2.33. The minimum absolute atomic E-state index is 0.0997. The summed E-state index contributed by atoms with van der Waals surface area (Å²) in [7, 11) is 0. The third kappa shape index (κ3) is 2.99. The van der Waals surface area contributed by atoms with E-state index in [-0.39, 0.29) is 17.6 Å². The number of alkyl halides is 1. The molecule has 3 rings (SSSR count). The van der Waals surface area contributed by atoms with Crippen molar-refractivity contribution in [2.75, 3.05) is 0 Å². The number of hydrogen-bond acceptors (Lipinski definition) is 1. The Bertz CT molecular complexity index is 464. The molecule has 0 spiro atoms. The van der Waals surface area contributed by atoms with E-state index in [9.17, 15) is 0 Å². The lowest BCUT2D eigenvalue weighted by atomic mass is 9.95. The Morgan fingerprint density at radius 3 is 1.58 bits per heavy atom. The van der Waals surface area contributed by atoms with Gasteiger partial charge in [0.2, 0.25) is 0 Å². The van der Waals surface area contributed by atoms with E-state index in [4.69, 9.17) is 16.3 Å². The van der Waals surface area contributed by atoms with Gasteiger partial charge in [-0.2, -0.15) is 0 Å². The van der Waals surface area contributed by atoms with Crippen molar-refractivity contribution in [2.24, 2.45) is 0 Å². The van der Waals surface area contributed by atoms with Crippen LogP contribution >= 0.6 is 11.6 Å². The Kier molecular flexibility index (Phi) is 3.86. The minimum atomic E-state index is 0.0997. The molecule has 1 fully saturated rings. The minimum Gasteiger partial charge on any atom is -0.365 e. The fourth-order valence-electron chi connectivity index (χ4n) is 2.63. The summed E-state index contributed by atoms with van der Waals surface area (Å²) in [6.45, 7) is 0. The van der Waals surface area contributed by atoms with Gasteiger partial charge in [-0.15, -0.1) is 11.6 Å². The number of ether oxygens (including phenoxy) is 1. The molecule has 1 saturated heterocycles. The second kappa shape index (κ2) is 5.77. The van der Waals surface area contributed by atoms with E-state index in [1.54, 1.807) is 0 Å². The van der Waals surface area contributed by atoms with Gasteiger partial charge < -0.3 is 4.74 Å². The Labute approximate surface area is 119 Å². The number of rotatable bonds is 2. The lowest BCUT2D eigenvalue weighted by molar-refractivity contribution is -0.0516. The maximum Gasteiger partial charge on any atom is 0.0847 e. The van der Waals surface area contributed by atoms with Crippen LogP contribution in [0.3, 0.4) is 0 Å². The van der Waals surface area contributed by atoms with Crippen LogP contribution in [0.15, 0.2) is 60.7 Å². The largest absolute Gasteiger partial charge is 0.365 e. The summed E-state index contributed by atoms with van der Waals surface area (Å²) in [5.41, 5.74) is 2.43. The SMILES string of the molecule is ClC1CC(c2ccccc2)OC(c2ccccc2)C1. The first-order valence-corrected chi connectivity index (χ1v) is 7.16. The van der Waals surface area contributed by atoms with Gasteiger partial charge in [-0.25, -0.2) is 0 Å². The summed E-state index contributed by atoms with van der Waals surface area (Å²) in [5, 5.41) is 0.171. The summed E-state index contributed by atoms with van der Waals surface area (Å²) >= 11 is 6.43. The van der Waals surface area contributed by atoms with E-state index in [2.05, 4.69) is 24.3 Å². The van der Waals surface area contributed by atoms with Crippen molar-refractivity contribution >= 4 is 11.6 Å². The van der Waals surface area contributed by atoms with Gasteiger partial charge in [-0.05, 0) is 24.0 Å². The van der Waals surface area contributed by atoms with Gasteiger partial charge in [0, 0.05) is 5.38 Å². The zero-order valence-electron chi connectivity index (χ0n) is 10.7. The van der Waals surface area contributed by atoms with Crippen LogP contribution in [-0.4, -0.2) is 5.38 Å². The number of benzene rings is 2. The number of hydrogen-bond donors (Lipinski definition) is 0.